The van der Waals surface area contributed by atoms with E-state index < -0.39 is 71.9 Å². The number of carbonyl (C=O) groups is 3. The molecule has 1 aliphatic carbocycles. The maximum atomic E-state index is 13.8. The van der Waals surface area contributed by atoms with Gasteiger partial charge in [-0.15, -0.1) is 0 Å². The van der Waals surface area contributed by atoms with Gasteiger partial charge in [0.2, 0.25) is 0 Å². The molecule has 2 amide bonds. The predicted molar refractivity (Wildman–Crippen MR) is 204 cm³/mol. The van der Waals surface area contributed by atoms with Crippen molar-refractivity contribution >= 4 is 28.9 Å². The molecule has 4 heterocycles. The topological polar surface area (TPSA) is 170 Å². The first kappa shape index (κ1) is 38.7. The molecule has 8 rings (SSSR count). The average Bonchev–Trinajstić information content (AvgIpc) is 3.81. The van der Waals surface area contributed by atoms with E-state index in [2.05, 4.69) is 10.6 Å². The first-order chi connectivity index (χ1) is 27.4. The lowest BCUT2D eigenvalue weighted by atomic mass is 9.98. The number of ether oxygens (including phenoxy) is 7. The highest BCUT2D eigenvalue weighted by atomic mass is 16.9. The van der Waals surface area contributed by atoms with Gasteiger partial charge in [-0.2, -0.15) is 0 Å². The summed E-state index contributed by atoms with van der Waals surface area (Å²) in [5.74, 6) is -3.30. The number of hydrogen-bond donors (Lipinski definition) is 2. The van der Waals surface area contributed by atoms with Gasteiger partial charge >= 0.3 is 17.7 Å². The van der Waals surface area contributed by atoms with E-state index in [0.717, 1.165) is 22.3 Å². The summed E-state index contributed by atoms with van der Waals surface area (Å²) < 4.78 is 47.5. The third kappa shape index (κ3) is 8.18. The van der Waals surface area contributed by atoms with Crippen LogP contribution >= 0.6 is 0 Å². The van der Waals surface area contributed by atoms with Crippen LogP contribution in [0, 0.1) is 0 Å². The first-order valence-electron chi connectivity index (χ1n) is 19.3. The van der Waals surface area contributed by atoms with E-state index in [1.165, 1.54) is 6.07 Å². The second-order valence-electron chi connectivity index (χ2n) is 15.6. The van der Waals surface area contributed by atoms with Crippen LogP contribution in [0.5, 0.6) is 0 Å². The van der Waals surface area contributed by atoms with E-state index >= 15 is 0 Å². The van der Waals surface area contributed by atoms with Crippen molar-refractivity contribution in [1.82, 2.24) is 10.6 Å². The molecule has 0 radical (unpaired) electrons. The van der Waals surface area contributed by atoms with Crippen LogP contribution in [-0.4, -0.2) is 86.1 Å². The summed E-state index contributed by atoms with van der Waals surface area (Å²) in [5, 5.41) is 6.09. The smallest absolute Gasteiger partial charge is 0.407 e. The van der Waals surface area contributed by atoms with Gasteiger partial charge in [-0.1, -0.05) is 66.7 Å². The van der Waals surface area contributed by atoms with Gasteiger partial charge in [-0.05, 0) is 81.3 Å². The Kier molecular flexibility index (Phi) is 10.7. The molecule has 4 aromatic rings. The molecule has 0 bridgehead atoms. The lowest BCUT2D eigenvalue weighted by molar-refractivity contribution is -0.242. The molecule has 300 valence electrons. The van der Waals surface area contributed by atoms with Crippen LogP contribution in [0.1, 0.15) is 74.4 Å². The second-order valence-corrected chi connectivity index (χ2v) is 15.6. The summed E-state index contributed by atoms with van der Waals surface area (Å²) in [6.07, 6.45) is -3.01. The van der Waals surface area contributed by atoms with Crippen molar-refractivity contribution in [3.63, 3.8) is 0 Å². The van der Waals surface area contributed by atoms with E-state index in [4.69, 9.17) is 37.6 Å². The van der Waals surface area contributed by atoms with E-state index in [-0.39, 0.29) is 37.7 Å². The highest BCUT2D eigenvalue weighted by Crippen LogP contribution is 2.45. The number of carbonyl (C=O) groups excluding carboxylic acids is 3. The van der Waals surface area contributed by atoms with Crippen LogP contribution in [-0.2, 0) is 38.0 Å². The number of unbranched alkanes of at least 4 members (excludes halogenated alkanes) is 1. The lowest BCUT2D eigenvalue weighted by Gasteiger charge is -2.37. The van der Waals surface area contributed by atoms with Crippen molar-refractivity contribution in [2.45, 2.75) is 101 Å². The molecule has 14 heteroatoms. The zero-order valence-corrected chi connectivity index (χ0v) is 32.2. The Labute approximate surface area is 329 Å². The number of nitrogens with one attached hydrogen (secondary N) is 2. The van der Waals surface area contributed by atoms with Crippen molar-refractivity contribution in [3.05, 3.63) is 106 Å². The van der Waals surface area contributed by atoms with Gasteiger partial charge in [-0.25, -0.2) is 14.4 Å². The van der Waals surface area contributed by atoms with Gasteiger partial charge in [-0.3, -0.25) is 4.79 Å². The zero-order chi connectivity index (χ0) is 39.9. The lowest BCUT2D eigenvalue weighted by Crippen LogP contribution is -2.56. The number of esters is 1. The fourth-order valence-electron chi connectivity index (χ4n) is 8.11. The van der Waals surface area contributed by atoms with Crippen molar-refractivity contribution in [1.29, 1.82) is 0 Å². The molecule has 6 atom stereocenters. The summed E-state index contributed by atoms with van der Waals surface area (Å²) in [4.78, 5) is 52.5. The van der Waals surface area contributed by atoms with Crippen molar-refractivity contribution < 1.29 is 52.0 Å². The molecule has 5 unspecified atom stereocenters. The summed E-state index contributed by atoms with van der Waals surface area (Å²) >= 11 is 0. The molecule has 14 nitrogen and oxygen atoms in total. The van der Waals surface area contributed by atoms with Gasteiger partial charge in [0.1, 0.15) is 54.8 Å². The summed E-state index contributed by atoms with van der Waals surface area (Å²) in [7, 11) is 0. The minimum Gasteiger partial charge on any atom is -0.461 e. The van der Waals surface area contributed by atoms with E-state index in [1.54, 1.807) is 52.0 Å². The van der Waals surface area contributed by atoms with Crippen molar-refractivity contribution in [2.24, 2.45) is 0 Å². The van der Waals surface area contributed by atoms with Gasteiger partial charge in [0.05, 0.1) is 0 Å². The number of benzene rings is 3. The minimum atomic E-state index is -1.10. The standard InChI is InChI=1S/C43H46N2O12/c1-42(2)54-34-33(53-40-36(35(34)55-42)56-43(3,4)57-40)23-50-39(48)31(18-11-12-20-44-37(46)29-21-24-13-5-10-19-32(24)52-38(29)47)45-41(49)51-22-30-27-16-8-6-14-25(27)26-15-7-9-17-28(26)30/h5-10,13-17,19,21,30-31,33-36,40H,11-12,18,20,22-23H2,1-4H3,(H,44,46)(H,45,49)/t31-,33?,34?,35?,36?,40?/m0/s1. The highest BCUT2D eigenvalue weighted by molar-refractivity contribution is 5.96. The molecular formula is C43H46N2O12. The van der Waals surface area contributed by atoms with Crippen LogP contribution in [0.15, 0.2) is 88.1 Å². The second kappa shape index (κ2) is 15.7. The molecule has 4 aliphatic rings. The van der Waals surface area contributed by atoms with Crippen LogP contribution in [0.3, 0.4) is 0 Å². The molecule has 0 spiro atoms. The van der Waals surface area contributed by atoms with E-state index in [0.29, 0.717) is 23.8 Å². The number of rotatable bonds is 12. The van der Waals surface area contributed by atoms with Crippen LogP contribution in [0.2, 0.25) is 0 Å². The SMILES string of the molecule is CC1(C)OC2OC(COC(=O)[C@H](CCCCNC(=O)c3cc4ccccc4oc3=O)NC(=O)OCC3c4ccccc4-c4ccccc43)C3OC(C)(C)OC3C2O1. The van der Waals surface area contributed by atoms with E-state index in [9.17, 15) is 19.2 Å². The molecule has 3 saturated heterocycles. The maximum absolute atomic E-state index is 13.8. The Hall–Kier alpha value is -5.12. The third-order valence-corrected chi connectivity index (χ3v) is 10.7. The molecule has 2 N–H and O–H groups in total. The minimum absolute atomic E-state index is 0.0590. The molecule has 3 aromatic carbocycles. The molecule has 3 fully saturated rings. The van der Waals surface area contributed by atoms with Gasteiger partial charge < -0.3 is 48.2 Å². The Morgan fingerprint density at radius 1 is 0.754 bits per heavy atom. The molecule has 3 aliphatic heterocycles. The number of fused-ring (bicyclic) bond motifs is 7. The average molecular weight is 783 g/mol. The fraction of sp³-hybridized carbons (Fsp3) is 0.442. The number of hydrogen-bond acceptors (Lipinski definition) is 12. The van der Waals surface area contributed by atoms with Crippen molar-refractivity contribution in [2.75, 3.05) is 19.8 Å². The zero-order valence-electron chi connectivity index (χ0n) is 32.2. The molecular weight excluding hydrogens is 736 g/mol. The van der Waals surface area contributed by atoms with Crippen LogP contribution in [0.4, 0.5) is 4.79 Å². The number of amides is 2. The highest BCUT2D eigenvalue weighted by Gasteiger charge is 2.61. The van der Waals surface area contributed by atoms with Gasteiger partial charge in [0.25, 0.3) is 5.91 Å². The molecule has 0 saturated carbocycles. The van der Waals surface area contributed by atoms with Crippen LogP contribution < -0.4 is 16.3 Å². The Morgan fingerprint density at radius 3 is 2.16 bits per heavy atom. The summed E-state index contributed by atoms with van der Waals surface area (Å²) in [6.45, 7) is 7.19. The largest absolute Gasteiger partial charge is 0.461 e. The third-order valence-electron chi connectivity index (χ3n) is 10.7. The van der Waals surface area contributed by atoms with Crippen molar-refractivity contribution in [3.8, 4) is 11.1 Å². The van der Waals surface area contributed by atoms with Crippen LogP contribution in [0.25, 0.3) is 22.1 Å². The first-order valence-corrected chi connectivity index (χ1v) is 19.3. The Morgan fingerprint density at radius 2 is 1.40 bits per heavy atom. The fourth-order valence-corrected chi connectivity index (χ4v) is 8.11. The number of para-hydroxylation sites is 1. The molecule has 57 heavy (non-hydrogen) atoms. The monoisotopic (exact) mass is 782 g/mol. The Bertz CT molecular complexity index is 2170. The quantitative estimate of drug-likeness (QED) is 0.105. The molecule has 1 aromatic heterocycles. The number of alkyl carbamates (subject to hydrolysis) is 1. The maximum Gasteiger partial charge on any atom is 0.407 e. The Balaban J connectivity index is 0.911. The predicted octanol–water partition coefficient (Wildman–Crippen LogP) is 5.54. The van der Waals surface area contributed by atoms with E-state index in [1.807, 2.05) is 48.5 Å². The van der Waals surface area contributed by atoms with Gasteiger partial charge in [0, 0.05) is 17.8 Å². The normalized spacial score (nSPS) is 24.5. The van der Waals surface area contributed by atoms with Gasteiger partial charge in [0.15, 0.2) is 17.9 Å². The summed E-state index contributed by atoms with van der Waals surface area (Å²) in [6, 6.07) is 23.3. The summed E-state index contributed by atoms with van der Waals surface area (Å²) in [5.41, 5.74) is 3.84.